The van der Waals surface area contributed by atoms with Crippen molar-refractivity contribution in [3.8, 4) is 0 Å². The first-order valence-electron chi connectivity index (χ1n) is 12.1. The molecule has 3 aliphatic rings. The van der Waals surface area contributed by atoms with Crippen molar-refractivity contribution >= 4 is 0 Å². The van der Waals surface area contributed by atoms with Crippen LogP contribution >= 0.6 is 0 Å². The SMILES string of the molecule is C=C1CCC(O)(O)CC1=CC=C1CCC[C@]2(C)[C@@H]([C@H](C)CCCC(C)C)CC[C@@H]12. The highest BCUT2D eigenvalue weighted by molar-refractivity contribution is 5.36. The summed E-state index contributed by atoms with van der Waals surface area (Å²) >= 11 is 0. The number of aliphatic hydroxyl groups is 2. The monoisotopic (exact) mass is 400 g/mol. The van der Waals surface area contributed by atoms with Crippen molar-refractivity contribution in [2.75, 3.05) is 0 Å². The van der Waals surface area contributed by atoms with Crippen LogP contribution < -0.4 is 0 Å². The van der Waals surface area contributed by atoms with Gasteiger partial charge in [0.15, 0.2) is 5.79 Å². The molecule has 3 fully saturated rings. The van der Waals surface area contributed by atoms with Gasteiger partial charge in [-0.2, -0.15) is 0 Å². The fourth-order valence-corrected chi connectivity index (χ4v) is 6.68. The van der Waals surface area contributed by atoms with Crippen LogP contribution in [-0.4, -0.2) is 16.0 Å². The first kappa shape index (κ1) is 22.8. The van der Waals surface area contributed by atoms with E-state index < -0.39 is 5.79 Å². The van der Waals surface area contributed by atoms with E-state index in [-0.39, 0.29) is 0 Å². The topological polar surface area (TPSA) is 40.5 Å². The molecule has 0 aromatic heterocycles. The molecule has 29 heavy (non-hydrogen) atoms. The van der Waals surface area contributed by atoms with Crippen LogP contribution in [0.15, 0.2) is 35.5 Å². The lowest BCUT2D eigenvalue weighted by molar-refractivity contribution is -0.166. The first-order chi connectivity index (χ1) is 13.6. The van der Waals surface area contributed by atoms with Crippen LogP contribution in [0.4, 0.5) is 0 Å². The van der Waals surface area contributed by atoms with Crippen LogP contribution in [0.1, 0.15) is 98.3 Å². The first-order valence-corrected chi connectivity index (χ1v) is 12.1. The zero-order valence-electron chi connectivity index (χ0n) is 19.3. The van der Waals surface area contributed by atoms with E-state index in [2.05, 4.69) is 46.4 Å². The highest BCUT2D eigenvalue weighted by atomic mass is 16.5. The summed E-state index contributed by atoms with van der Waals surface area (Å²) in [6, 6.07) is 0. The zero-order chi connectivity index (χ0) is 21.2. The molecule has 0 spiro atoms. The molecule has 0 amide bonds. The average molecular weight is 401 g/mol. The van der Waals surface area contributed by atoms with Crippen LogP contribution in [-0.2, 0) is 0 Å². The van der Waals surface area contributed by atoms with E-state index in [0.29, 0.717) is 30.6 Å². The Hall–Kier alpha value is -0.860. The molecule has 0 aliphatic heterocycles. The maximum absolute atomic E-state index is 10.0. The molecule has 2 heteroatoms. The molecule has 3 rings (SSSR count). The Kier molecular flexibility index (Phi) is 7.16. The summed E-state index contributed by atoms with van der Waals surface area (Å²) < 4.78 is 0. The second kappa shape index (κ2) is 9.10. The molecule has 164 valence electrons. The summed E-state index contributed by atoms with van der Waals surface area (Å²) in [6.07, 6.45) is 16.6. The number of fused-ring (bicyclic) bond motifs is 1. The summed E-state index contributed by atoms with van der Waals surface area (Å²) in [5, 5.41) is 20.1. The Balaban J connectivity index is 1.71. The molecule has 0 aromatic rings. The van der Waals surface area contributed by atoms with E-state index in [1.54, 1.807) is 5.57 Å². The molecular weight excluding hydrogens is 356 g/mol. The molecule has 0 aromatic carbocycles. The van der Waals surface area contributed by atoms with Crippen molar-refractivity contribution in [1.82, 2.24) is 0 Å². The minimum atomic E-state index is -1.56. The number of allylic oxidation sites excluding steroid dienone is 4. The highest BCUT2D eigenvalue weighted by Crippen LogP contribution is 2.60. The highest BCUT2D eigenvalue weighted by Gasteiger charge is 2.50. The third-order valence-corrected chi connectivity index (χ3v) is 8.42. The summed E-state index contributed by atoms with van der Waals surface area (Å²) in [5.74, 6) is 1.64. The largest absolute Gasteiger partial charge is 0.365 e. The van der Waals surface area contributed by atoms with Gasteiger partial charge in [0.2, 0.25) is 0 Å². The minimum Gasteiger partial charge on any atom is -0.365 e. The summed E-state index contributed by atoms with van der Waals surface area (Å²) in [7, 11) is 0. The molecular formula is C27H44O2. The van der Waals surface area contributed by atoms with Crippen molar-refractivity contribution < 1.29 is 10.2 Å². The number of rotatable bonds is 6. The molecule has 2 nitrogen and oxygen atoms in total. The van der Waals surface area contributed by atoms with Crippen LogP contribution in [0.5, 0.6) is 0 Å². The normalized spacial score (nSPS) is 36.0. The van der Waals surface area contributed by atoms with E-state index in [9.17, 15) is 10.2 Å². The third kappa shape index (κ3) is 5.25. The second-order valence-electron chi connectivity index (χ2n) is 11.1. The van der Waals surface area contributed by atoms with Crippen molar-refractivity contribution in [2.45, 2.75) is 104 Å². The van der Waals surface area contributed by atoms with Crippen LogP contribution in [0.3, 0.4) is 0 Å². The molecule has 0 saturated heterocycles. The predicted octanol–water partition coefficient (Wildman–Crippen LogP) is 6.94. The Morgan fingerprint density at radius 2 is 1.83 bits per heavy atom. The van der Waals surface area contributed by atoms with E-state index >= 15 is 0 Å². The van der Waals surface area contributed by atoms with Crippen molar-refractivity contribution in [2.24, 2.45) is 29.1 Å². The minimum absolute atomic E-state index is 0.313. The Morgan fingerprint density at radius 3 is 2.55 bits per heavy atom. The molecule has 0 bridgehead atoms. The van der Waals surface area contributed by atoms with E-state index in [1.165, 1.54) is 51.4 Å². The lowest BCUT2D eigenvalue weighted by Gasteiger charge is -2.44. The fraction of sp³-hybridized carbons (Fsp3) is 0.778. The zero-order valence-corrected chi connectivity index (χ0v) is 19.3. The van der Waals surface area contributed by atoms with Gasteiger partial charge in [0, 0.05) is 12.8 Å². The van der Waals surface area contributed by atoms with Gasteiger partial charge in [0.1, 0.15) is 0 Å². The van der Waals surface area contributed by atoms with E-state index in [4.69, 9.17) is 0 Å². The lowest BCUT2D eigenvalue weighted by atomic mass is 9.60. The van der Waals surface area contributed by atoms with Crippen molar-refractivity contribution in [3.05, 3.63) is 35.5 Å². The van der Waals surface area contributed by atoms with Crippen molar-refractivity contribution in [3.63, 3.8) is 0 Å². The van der Waals surface area contributed by atoms with Crippen molar-refractivity contribution in [1.29, 1.82) is 0 Å². The van der Waals surface area contributed by atoms with Gasteiger partial charge >= 0.3 is 0 Å². The van der Waals surface area contributed by atoms with Gasteiger partial charge in [-0.25, -0.2) is 0 Å². The predicted molar refractivity (Wildman–Crippen MR) is 122 cm³/mol. The fourth-order valence-electron chi connectivity index (χ4n) is 6.68. The molecule has 0 heterocycles. The van der Waals surface area contributed by atoms with Gasteiger partial charge in [-0.3, -0.25) is 0 Å². The Morgan fingerprint density at radius 1 is 1.07 bits per heavy atom. The summed E-state index contributed by atoms with van der Waals surface area (Å²) in [5.41, 5.74) is 4.14. The third-order valence-electron chi connectivity index (χ3n) is 8.42. The van der Waals surface area contributed by atoms with Crippen LogP contribution in [0, 0.1) is 29.1 Å². The van der Waals surface area contributed by atoms with Crippen LogP contribution in [0.25, 0.3) is 0 Å². The second-order valence-corrected chi connectivity index (χ2v) is 11.1. The van der Waals surface area contributed by atoms with Gasteiger partial charge in [-0.1, -0.05) is 76.8 Å². The maximum atomic E-state index is 10.0. The van der Waals surface area contributed by atoms with Gasteiger partial charge in [0.25, 0.3) is 0 Å². The van der Waals surface area contributed by atoms with E-state index in [0.717, 1.165) is 28.9 Å². The van der Waals surface area contributed by atoms with Gasteiger partial charge in [-0.15, -0.1) is 0 Å². The van der Waals surface area contributed by atoms with Gasteiger partial charge in [-0.05, 0) is 73.2 Å². The molecule has 4 atom stereocenters. The summed E-state index contributed by atoms with van der Waals surface area (Å²) in [4.78, 5) is 0. The molecule has 0 radical (unpaired) electrons. The Bertz CT molecular complexity index is 653. The maximum Gasteiger partial charge on any atom is 0.166 e. The molecule has 3 aliphatic carbocycles. The average Bonchev–Trinajstić information content (AvgIpc) is 2.99. The van der Waals surface area contributed by atoms with E-state index in [1.807, 2.05) is 0 Å². The molecule has 3 saturated carbocycles. The molecule has 2 N–H and O–H groups in total. The quantitative estimate of drug-likeness (QED) is 0.474. The Labute approximate surface area is 179 Å². The number of hydrogen-bond acceptors (Lipinski definition) is 2. The van der Waals surface area contributed by atoms with Gasteiger partial charge in [0.05, 0.1) is 0 Å². The van der Waals surface area contributed by atoms with Crippen LogP contribution in [0.2, 0.25) is 0 Å². The standard InChI is InChI=1S/C27H44O2/c1-19(2)8-6-9-21(4)24-13-14-25-22(10-7-16-26(24,25)5)11-12-23-18-27(28,29)17-15-20(23)3/h11-12,19,21,24-25,28-29H,3,6-10,13-18H2,1-2,4-5H3/t21-,24-,25+,26-/m1/s1. The smallest absolute Gasteiger partial charge is 0.166 e. The molecule has 0 unspecified atom stereocenters. The lowest BCUT2D eigenvalue weighted by Crippen LogP contribution is -2.36. The summed E-state index contributed by atoms with van der Waals surface area (Å²) in [6.45, 7) is 13.9. The number of hydrogen-bond donors (Lipinski definition) is 2. The van der Waals surface area contributed by atoms with Gasteiger partial charge < -0.3 is 10.2 Å².